The van der Waals surface area contributed by atoms with Gasteiger partial charge in [-0.3, -0.25) is 0 Å². The lowest BCUT2D eigenvalue weighted by Crippen LogP contribution is -2.27. The van der Waals surface area contributed by atoms with Crippen molar-refractivity contribution in [2.24, 2.45) is 5.92 Å². The summed E-state index contributed by atoms with van der Waals surface area (Å²) in [6.45, 7) is 1.18. The molecular formula is C15H25NS2. The molecule has 1 saturated carbocycles. The van der Waals surface area contributed by atoms with E-state index >= 15 is 0 Å². The molecule has 0 radical (unpaired) electrons. The third kappa shape index (κ3) is 4.29. The quantitative estimate of drug-likeness (QED) is 0.693. The topological polar surface area (TPSA) is 12.0 Å². The number of unbranched alkanes of at least 4 members (excludes halogenated alkanes) is 1. The van der Waals surface area contributed by atoms with E-state index in [1.165, 1.54) is 50.8 Å². The molecule has 1 N–H and O–H groups in total. The lowest BCUT2D eigenvalue weighted by atomic mass is 9.96. The van der Waals surface area contributed by atoms with Crippen molar-refractivity contribution in [3.63, 3.8) is 0 Å². The first-order valence-corrected chi connectivity index (χ1v) is 9.45. The fourth-order valence-corrected chi connectivity index (χ4v) is 4.27. The van der Waals surface area contributed by atoms with Crippen LogP contribution in [0.15, 0.2) is 17.5 Å². The van der Waals surface area contributed by atoms with Crippen molar-refractivity contribution >= 4 is 23.1 Å². The maximum Gasteiger partial charge on any atom is 0.0443 e. The zero-order valence-corrected chi connectivity index (χ0v) is 13.0. The van der Waals surface area contributed by atoms with Gasteiger partial charge in [0.15, 0.2) is 0 Å². The van der Waals surface area contributed by atoms with Gasteiger partial charge in [-0.05, 0) is 61.6 Å². The van der Waals surface area contributed by atoms with Crippen LogP contribution in [0.3, 0.4) is 0 Å². The summed E-state index contributed by atoms with van der Waals surface area (Å²) in [6.07, 6.45) is 10.5. The van der Waals surface area contributed by atoms with Gasteiger partial charge in [-0.2, -0.15) is 11.8 Å². The van der Waals surface area contributed by atoms with Crippen LogP contribution in [0.1, 0.15) is 49.4 Å². The van der Waals surface area contributed by atoms with Crippen molar-refractivity contribution in [3.05, 3.63) is 22.4 Å². The number of thiophene rings is 1. The average molecular weight is 284 g/mol. The number of nitrogens with one attached hydrogen (secondary N) is 1. The average Bonchev–Trinajstić information content (AvgIpc) is 3.06. The van der Waals surface area contributed by atoms with Gasteiger partial charge >= 0.3 is 0 Å². The van der Waals surface area contributed by atoms with Gasteiger partial charge in [0.1, 0.15) is 0 Å². The first kappa shape index (κ1) is 14.4. The summed E-state index contributed by atoms with van der Waals surface area (Å²) in [7, 11) is 0. The maximum absolute atomic E-state index is 3.82. The Balaban J connectivity index is 1.81. The van der Waals surface area contributed by atoms with Crippen LogP contribution in [0.25, 0.3) is 0 Å². The minimum Gasteiger partial charge on any atom is -0.309 e. The molecule has 1 aliphatic carbocycles. The molecule has 2 rings (SSSR count). The smallest absolute Gasteiger partial charge is 0.0443 e. The predicted octanol–water partition coefficient (Wildman–Crippen LogP) is 4.71. The standard InChI is InChI=1S/C15H25NS2/c1-17-11-5-4-10-16-15(13-7-2-3-8-13)14-9-6-12-18-14/h6,9,12-13,15-16H,2-5,7-8,10-11H2,1H3. The van der Waals surface area contributed by atoms with E-state index in [4.69, 9.17) is 0 Å². The highest BCUT2D eigenvalue weighted by Crippen LogP contribution is 2.37. The molecule has 3 heteroatoms. The van der Waals surface area contributed by atoms with Gasteiger partial charge in [-0.25, -0.2) is 0 Å². The van der Waals surface area contributed by atoms with E-state index < -0.39 is 0 Å². The number of thioether (sulfide) groups is 1. The molecule has 0 aliphatic heterocycles. The highest BCUT2D eigenvalue weighted by molar-refractivity contribution is 7.98. The van der Waals surface area contributed by atoms with Crippen molar-refractivity contribution in [2.75, 3.05) is 18.6 Å². The van der Waals surface area contributed by atoms with Crippen LogP contribution in [-0.4, -0.2) is 18.6 Å². The third-order valence-electron chi connectivity index (χ3n) is 3.86. The predicted molar refractivity (Wildman–Crippen MR) is 84.6 cm³/mol. The van der Waals surface area contributed by atoms with Gasteiger partial charge in [-0.1, -0.05) is 18.9 Å². The molecular weight excluding hydrogens is 258 g/mol. The largest absolute Gasteiger partial charge is 0.309 e. The molecule has 0 aromatic carbocycles. The molecule has 1 unspecified atom stereocenters. The Hall–Kier alpha value is 0.01000. The third-order valence-corrected chi connectivity index (χ3v) is 5.51. The van der Waals surface area contributed by atoms with Gasteiger partial charge in [0, 0.05) is 10.9 Å². The van der Waals surface area contributed by atoms with Gasteiger partial charge in [0.2, 0.25) is 0 Å². The summed E-state index contributed by atoms with van der Waals surface area (Å²) in [5, 5.41) is 6.04. The zero-order valence-electron chi connectivity index (χ0n) is 11.4. The van der Waals surface area contributed by atoms with E-state index in [1.807, 2.05) is 23.1 Å². The number of hydrogen-bond donors (Lipinski definition) is 1. The van der Waals surface area contributed by atoms with Crippen molar-refractivity contribution in [2.45, 2.75) is 44.6 Å². The molecule has 1 atom stereocenters. The molecule has 1 aliphatic rings. The molecule has 1 fully saturated rings. The molecule has 0 bridgehead atoms. The summed E-state index contributed by atoms with van der Waals surface area (Å²) in [4.78, 5) is 1.55. The Morgan fingerprint density at radius 2 is 2.22 bits per heavy atom. The molecule has 1 nitrogen and oxygen atoms in total. The van der Waals surface area contributed by atoms with E-state index in [9.17, 15) is 0 Å². The summed E-state index contributed by atoms with van der Waals surface area (Å²) < 4.78 is 0. The van der Waals surface area contributed by atoms with Crippen LogP contribution in [-0.2, 0) is 0 Å². The lowest BCUT2D eigenvalue weighted by molar-refractivity contribution is 0.370. The van der Waals surface area contributed by atoms with Crippen molar-refractivity contribution in [3.8, 4) is 0 Å². The first-order chi connectivity index (χ1) is 8.92. The van der Waals surface area contributed by atoms with E-state index in [0.717, 1.165) is 5.92 Å². The Labute approximate surface area is 120 Å². The summed E-state index contributed by atoms with van der Waals surface area (Å²) in [6, 6.07) is 5.13. The Morgan fingerprint density at radius 3 is 2.89 bits per heavy atom. The van der Waals surface area contributed by atoms with Crippen LogP contribution < -0.4 is 5.32 Å². The van der Waals surface area contributed by atoms with Crippen LogP contribution in [0, 0.1) is 5.92 Å². The highest BCUT2D eigenvalue weighted by atomic mass is 32.2. The first-order valence-electron chi connectivity index (χ1n) is 7.17. The molecule has 18 heavy (non-hydrogen) atoms. The van der Waals surface area contributed by atoms with E-state index in [1.54, 1.807) is 4.88 Å². The van der Waals surface area contributed by atoms with Gasteiger partial charge in [-0.15, -0.1) is 11.3 Å². The van der Waals surface area contributed by atoms with Crippen molar-refractivity contribution in [1.82, 2.24) is 5.32 Å². The van der Waals surface area contributed by atoms with Crippen LogP contribution in [0.2, 0.25) is 0 Å². The Kier molecular flexibility index (Phi) is 6.60. The van der Waals surface area contributed by atoms with Crippen LogP contribution >= 0.6 is 23.1 Å². The lowest BCUT2D eigenvalue weighted by Gasteiger charge is -2.24. The second-order valence-corrected chi connectivity index (χ2v) is 7.16. The summed E-state index contributed by atoms with van der Waals surface area (Å²) in [5.41, 5.74) is 0. The molecule has 102 valence electrons. The second kappa shape index (κ2) is 8.23. The monoisotopic (exact) mass is 283 g/mol. The Morgan fingerprint density at radius 1 is 1.39 bits per heavy atom. The molecule has 0 saturated heterocycles. The van der Waals surface area contributed by atoms with E-state index in [-0.39, 0.29) is 0 Å². The molecule has 1 aromatic heterocycles. The Bertz CT molecular complexity index is 304. The van der Waals surface area contributed by atoms with Crippen molar-refractivity contribution in [1.29, 1.82) is 0 Å². The van der Waals surface area contributed by atoms with E-state index in [0.29, 0.717) is 6.04 Å². The van der Waals surface area contributed by atoms with Crippen molar-refractivity contribution < 1.29 is 0 Å². The normalized spacial score (nSPS) is 18.3. The fraction of sp³-hybridized carbons (Fsp3) is 0.733. The minimum absolute atomic E-state index is 0.627. The zero-order chi connectivity index (χ0) is 12.6. The summed E-state index contributed by atoms with van der Waals surface area (Å²) >= 11 is 3.88. The molecule has 1 heterocycles. The number of hydrogen-bond acceptors (Lipinski definition) is 3. The van der Waals surface area contributed by atoms with Crippen LogP contribution in [0.4, 0.5) is 0 Å². The molecule has 0 spiro atoms. The minimum atomic E-state index is 0.627. The SMILES string of the molecule is CSCCCCNC(c1cccs1)C1CCCC1. The number of rotatable bonds is 8. The summed E-state index contributed by atoms with van der Waals surface area (Å²) in [5.74, 6) is 2.18. The fourth-order valence-electron chi connectivity index (χ4n) is 2.89. The van der Waals surface area contributed by atoms with Gasteiger partial charge in [0.25, 0.3) is 0 Å². The highest BCUT2D eigenvalue weighted by Gasteiger charge is 2.26. The maximum atomic E-state index is 3.82. The molecule has 0 amide bonds. The second-order valence-electron chi connectivity index (χ2n) is 5.19. The van der Waals surface area contributed by atoms with Crippen LogP contribution in [0.5, 0.6) is 0 Å². The van der Waals surface area contributed by atoms with Gasteiger partial charge in [0.05, 0.1) is 0 Å². The van der Waals surface area contributed by atoms with Gasteiger partial charge < -0.3 is 5.32 Å². The molecule has 1 aromatic rings. The van der Waals surface area contributed by atoms with E-state index in [2.05, 4.69) is 29.1 Å².